The van der Waals surface area contributed by atoms with Gasteiger partial charge in [0.05, 0.1) is 0 Å². The Hall–Kier alpha value is -0.610. The number of carbonyl (C=O) groups excluding carboxylic acids is 1. The molecule has 1 saturated heterocycles. The first-order chi connectivity index (χ1) is 9.81. The normalized spacial score (nSPS) is 22.8. The minimum Gasteiger partial charge on any atom is -0.340 e. The molecular formula is C16H31N3O. The molecule has 1 amide bonds. The second-order valence-corrected chi connectivity index (χ2v) is 6.35. The van der Waals surface area contributed by atoms with Crippen molar-refractivity contribution in [2.24, 2.45) is 11.7 Å². The van der Waals surface area contributed by atoms with Gasteiger partial charge in [0.1, 0.15) is 0 Å². The number of carbonyl (C=O) groups is 1. The van der Waals surface area contributed by atoms with Crippen LogP contribution < -0.4 is 5.73 Å². The summed E-state index contributed by atoms with van der Waals surface area (Å²) < 4.78 is 0. The van der Waals surface area contributed by atoms with Gasteiger partial charge in [-0.2, -0.15) is 0 Å². The highest BCUT2D eigenvalue weighted by atomic mass is 16.2. The maximum Gasteiger partial charge on any atom is 0.225 e. The van der Waals surface area contributed by atoms with Gasteiger partial charge in [0.25, 0.3) is 0 Å². The van der Waals surface area contributed by atoms with E-state index < -0.39 is 0 Å². The van der Waals surface area contributed by atoms with Crippen molar-refractivity contribution in [3.63, 3.8) is 0 Å². The van der Waals surface area contributed by atoms with E-state index in [9.17, 15) is 4.79 Å². The largest absolute Gasteiger partial charge is 0.340 e. The first-order valence-electron chi connectivity index (χ1n) is 8.52. The molecular weight excluding hydrogens is 250 g/mol. The van der Waals surface area contributed by atoms with Crippen molar-refractivity contribution in [2.75, 3.05) is 39.3 Å². The number of amides is 1. The molecule has 116 valence electrons. The minimum absolute atomic E-state index is 0.321. The molecule has 1 aliphatic carbocycles. The van der Waals surface area contributed by atoms with E-state index in [1.165, 1.54) is 32.1 Å². The lowest BCUT2D eigenvalue weighted by Gasteiger charge is -2.36. The standard InChI is InChI=1S/C16H31N3O/c17-9-5-6-10-18-11-13-19(14-12-18)16(20)15-7-3-1-2-4-8-15/h15H,1-14,17H2. The lowest BCUT2D eigenvalue weighted by Crippen LogP contribution is -2.50. The molecule has 2 rings (SSSR count). The van der Waals surface area contributed by atoms with E-state index in [4.69, 9.17) is 5.73 Å². The van der Waals surface area contributed by atoms with Gasteiger partial charge < -0.3 is 10.6 Å². The Labute approximate surface area is 123 Å². The highest BCUT2D eigenvalue weighted by Crippen LogP contribution is 2.25. The molecule has 0 aromatic heterocycles. The van der Waals surface area contributed by atoms with Crippen LogP contribution in [0.3, 0.4) is 0 Å². The van der Waals surface area contributed by atoms with Crippen molar-refractivity contribution in [2.45, 2.75) is 51.4 Å². The smallest absolute Gasteiger partial charge is 0.225 e. The van der Waals surface area contributed by atoms with E-state index in [0.717, 1.165) is 58.5 Å². The molecule has 2 aliphatic rings. The van der Waals surface area contributed by atoms with Gasteiger partial charge in [0, 0.05) is 32.1 Å². The summed E-state index contributed by atoms with van der Waals surface area (Å²) in [5, 5.41) is 0. The van der Waals surface area contributed by atoms with Gasteiger partial charge in [0.15, 0.2) is 0 Å². The summed E-state index contributed by atoms with van der Waals surface area (Å²) in [4.78, 5) is 17.2. The van der Waals surface area contributed by atoms with E-state index in [1.54, 1.807) is 0 Å². The zero-order valence-electron chi connectivity index (χ0n) is 12.9. The molecule has 2 fully saturated rings. The van der Waals surface area contributed by atoms with Crippen LogP contribution in [0.5, 0.6) is 0 Å². The third-order valence-corrected chi connectivity index (χ3v) is 4.82. The summed E-state index contributed by atoms with van der Waals surface area (Å²) in [5.41, 5.74) is 5.53. The van der Waals surface area contributed by atoms with Gasteiger partial charge in [-0.1, -0.05) is 25.7 Å². The first kappa shape index (κ1) is 15.8. The molecule has 0 unspecified atom stereocenters. The van der Waals surface area contributed by atoms with Gasteiger partial charge in [-0.05, 0) is 38.8 Å². The van der Waals surface area contributed by atoms with Crippen molar-refractivity contribution in [3.05, 3.63) is 0 Å². The van der Waals surface area contributed by atoms with Crippen molar-refractivity contribution in [3.8, 4) is 0 Å². The maximum absolute atomic E-state index is 12.6. The predicted octanol–water partition coefficient (Wildman–Crippen LogP) is 1.84. The van der Waals surface area contributed by atoms with Crippen molar-refractivity contribution < 1.29 is 4.79 Å². The van der Waals surface area contributed by atoms with Crippen LogP contribution in [0.4, 0.5) is 0 Å². The number of nitrogens with two attached hydrogens (primary N) is 1. The van der Waals surface area contributed by atoms with Gasteiger partial charge in [-0.3, -0.25) is 9.69 Å². The molecule has 0 bridgehead atoms. The third-order valence-electron chi connectivity index (χ3n) is 4.82. The van der Waals surface area contributed by atoms with E-state index in [0.29, 0.717) is 11.8 Å². The van der Waals surface area contributed by atoms with Crippen LogP contribution in [0, 0.1) is 5.92 Å². The van der Waals surface area contributed by atoms with Gasteiger partial charge >= 0.3 is 0 Å². The van der Waals surface area contributed by atoms with Crippen molar-refractivity contribution in [1.29, 1.82) is 0 Å². The van der Waals surface area contributed by atoms with Crippen LogP contribution in [0.15, 0.2) is 0 Å². The Kier molecular flexibility index (Phi) is 6.80. The van der Waals surface area contributed by atoms with E-state index in [-0.39, 0.29) is 0 Å². The number of hydrogen-bond acceptors (Lipinski definition) is 3. The molecule has 0 radical (unpaired) electrons. The topological polar surface area (TPSA) is 49.6 Å². The fraction of sp³-hybridized carbons (Fsp3) is 0.938. The number of hydrogen-bond donors (Lipinski definition) is 1. The van der Waals surface area contributed by atoms with Crippen molar-refractivity contribution in [1.82, 2.24) is 9.80 Å². The van der Waals surface area contributed by atoms with Crippen LogP contribution in [-0.2, 0) is 4.79 Å². The fourth-order valence-electron chi connectivity index (χ4n) is 3.46. The van der Waals surface area contributed by atoms with Crippen LogP contribution >= 0.6 is 0 Å². The SMILES string of the molecule is NCCCCN1CCN(C(=O)C2CCCCCC2)CC1. The minimum atomic E-state index is 0.321. The Balaban J connectivity index is 1.70. The Bertz CT molecular complexity index is 279. The molecule has 0 atom stereocenters. The molecule has 4 nitrogen and oxygen atoms in total. The maximum atomic E-state index is 12.6. The Morgan fingerprint density at radius 2 is 1.60 bits per heavy atom. The predicted molar refractivity (Wildman–Crippen MR) is 82.5 cm³/mol. The number of rotatable bonds is 5. The Morgan fingerprint density at radius 3 is 2.20 bits per heavy atom. The average Bonchev–Trinajstić information content (AvgIpc) is 2.77. The van der Waals surface area contributed by atoms with Gasteiger partial charge in [0.2, 0.25) is 5.91 Å². The summed E-state index contributed by atoms with van der Waals surface area (Å²) in [6, 6.07) is 0. The lowest BCUT2D eigenvalue weighted by atomic mass is 9.98. The number of nitrogens with zero attached hydrogens (tertiary/aromatic N) is 2. The monoisotopic (exact) mass is 281 g/mol. The number of unbranched alkanes of at least 4 members (excludes halogenated alkanes) is 1. The molecule has 0 spiro atoms. The molecule has 2 N–H and O–H groups in total. The second kappa shape index (κ2) is 8.63. The zero-order valence-corrected chi connectivity index (χ0v) is 12.9. The van der Waals surface area contributed by atoms with E-state index in [2.05, 4.69) is 9.80 Å². The summed E-state index contributed by atoms with van der Waals surface area (Å²) in [6.45, 7) is 5.88. The van der Waals surface area contributed by atoms with E-state index in [1.807, 2.05) is 0 Å². The lowest BCUT2D eigenvalue weighted by molar-refractivity contribution is -0.137. The average molecular weight is 281 g/mol. The van der Waals surface area contributed by atoms with E-state index >= 15 is 0 Å². The summed E-state index contributed by atoms with van der Waals surface area (Å²) in [6.07, 6.45) is 9.67. The quantitative estimate of drug-likeness (QED) is 0.618. The van der Waals surface area contributed by atoms with Crippen LogP contribution in [0.25, 0.3) is 0 Å². The highest BCUT2D eigenvalue weighted by Gasteiger charge is 2.27. The van der Waals surface area contributed by atoms with Crippen LogP contribution in [-0.4, -0.2) is 55.0 Å². The molecule has 1 saturated carbocycles. The molecule has 1 aliphatic heterocycles. The molecule has 0 aromatic rings. The summed E-state index contributed by atoms with van der Waals surface area (Å²) in [5.74, 6) is 0.759. The first-order valence-corrected chi connectivity index (χ1v) is 8.52. The number of piperazine rings is 1. The van der Waals surface area contributed by atoms with Crippen molar-refractivity contribution >= 4 is 5.91 Å². The molecule has 20 heavy (non-hydrogen) atoms. The molecule has 0 aromatic carbocycles. The summed E-state index contributed by atoms with van der Waals surface area (Å²) >= 11 is 0. The molecule has 4 heteroatoms. The van der Waals surface area contributed by atoms with Crippen LogP contribution in [0.2, 0.25) is 0 Å². The van der Waals surface area contributed by atoms with Gasteiger partial charge in [-0.25, -0.2) is 0 Å². The third kappa shape index (κ3) is 4.74. The van der Waals surface area contributed by atoms with Gasteiger partial charge in [-0.15, -0.1) is 0 Å². The highest BCUT2D eigenvalue weighted by molar-refractivity contribution is 5.79. The summed E-state index contributed by atoms with van der Waals surface area (Å²) in [7, 11) is 0. The fourth-order valence-corrected chi connectivity index (χ4v) is 3.46. The zero-order chi connectivity index (χ0) is 14.2. The Morgan fingerprint density at radius 1 is 0.950 bits per heavy atom. The molecule has 1 heterocycles. The van der Waals surface area contributed by atoms with Crippen LogP contribution in [0.1, 0.15) is 51.4 Å². The second-order valence-electron chi connectivity index (χ2n) is 6.35.